The van der Waals surface area contributed by atoms with Gasteiger partial charge in [0, 0.05) is 57.1 Å². The van der Waals surface area contributed by atoms with Crippen molar-refractivity contribution in [2.45, 2.75) is 37.7 Å². The first-order valence-electron chi connectivity index (χ1n) is 8.97. The molecule has 1 saturated heterocycles. The van der Waals surface area contributed by atoms with Crippen molar-refractivity contribution in [2.75, 3.05) is 31.7 Å². The van der Waals surface area contributed by atoms with Crippen LogP contribution in [0.5, 0.6) is 0 Å². The van der Waals surface area contributed by atoms with E-state index in [9.17, 15) is 5.11 Å². The van der Waals surface area contributed by atoms with E-state index in [0.29, 0.717) is 38.4 Å². The van der Waals surface area contributed by atoms with E-state index in [1.807, 2.05) is 25.2 Å². The highest BCUT2D eigenvalue weighted by Crippen LogP contribution is 2.32. The molecular weight excluding hydrogens is 316 g/mol. The number of hydrogen-bond donors (Lipinski definition) is 1. The second-order valence-corrected chi connectivity index (χ2v) is 7.06. The average molecular weight is 340 g/mol. The number of aliphatic hydroxyl groups is 1. The van der Waals surface area contributed by atoms with Crippen LogP contribution in [0.4, 0.5) is 5.82 Å². The summed E-state index contributed by atoms with van der Waals surface area (Å²) in [6.45, 7) is 1.79. The number of aryl methyl sites for hydroxylation is 1. The molecule has 0 bridgehead atoms. The van der Waals surface area contributed by atoms with Crippen LogP contribution in [0.1, 0.15) is 30.5 Å². The number of nitrogens with zero attached hydrogens (tertiary/aromatic N) is 4. The van der Waals surface area contributed by atoms with Crippen LogP contribution >= 0.6 is 0 Å². The molecule has 0 saturated carbocycles. The zero-order valence-electron chi connectivity index (χ0n) is 14.6. The Bertz CT molecular complexity index is 745. The van der Waals surface area contributed by atoms with Gasteiger partial charge in [0.2, 0.25) is 0 Å². The number of likely N-dealkylation sites (N-methyl/N-ethyl adjacent to an activating group) is 1. The third kappa shape index (κ3) is 3.37. The lowest BCUT2D eigenvalue weighted by atomic mass is 9.94. The maximum absolute atomic E-state index is 10.9. The zero-order valence-corrected chi connectivity index (χ0v) is 14.6. The highest BCUT2D eigenvalue weighted by atomic mass is 16.5. The van der Waals surface area contributed by atoms with E-state index in [1.165, 1.54) is 5.56 Å². The molecule has 0 atom stereocenters. The molecule has 3 heterocycles. The van der Waals surface area contributed by atoms with Crippen molar-refractivity contribution in [3.63, 3.8) is 0 Å². The van der Waals surface area contributed by atoms with Gasteiger partial charge in [-0.25, -0.2) is 9.97 Å². The van der Waals surface area contributed by atoms with Crippen LogP contribution < -0.4 is 4.90 Å². The molecule has 1 fully saturated rings. The Morgan fingerprint density at radius 2 is 2.04 bits per heavy atom. The number of anilines is 1. The fourth-order valence-corrected chi connectivity index (χ4v) is 3.76. The molecule has 0 unspecified atom stereocenters. The van der Waals surface area contributed by atoms with Crippen LogP contribution in [-0.2, 0) is 17.6 Å². The molecule has 1 aliphatic carbocycles. The summed E-state index contributed by atoms with van der Waals surface area (Å²) in [4.78, 5) is 16.1. The van der Waals surface area contributed by atoms with E-state index >= 15 is 0 Å². The zero-order chi connectivity index (χ0) is 17.3. The third-order valence-electron chi connectivity index (χ3n) is 5.12. The Hall–Kier alpha value is -2.05. The van der Waals surface area contributed by atoms with Crippen molar-refractivity contribution >= 4 is 5.82 Å². The van der Waals surface area contributed by atoms with Gasteiger partial charge in [-0.05, 0) is 31.4 Å². The van der Waals surface area contributed by atoms with Crippen LogP contribution in [0.2, 0.25) is 0 Å². The number of fused-ring (bicyclic) bond motifs is 1. The van der Waals surface area contributed by atoms with Gasteiger partial charge >= 0.3 is 0 Å². The summed E-state index contributed by atoms with van der Waals surface area (Å²) < 4.78 is 5.39. The van der Waals surface area contributed by atoms with E-state index in [1.54, 1.807) is 6.20 Å². The molecular formula is C19H24N4O2. The molecule has 4 rings (SSSR count). The maximum atomic E-state index is 10.9. The van der Waals surface area contributed by atoms with Crippen LogP contribution in [-0.4, -0.2) is 52.5 Å². The smallest absolute Gasteiger partial charge is 0.180 e. The topological polar surface area (TPSA) is 71.4 Å². The van der Waals surface area contributed by atoms with Crippen LogP contribution in [0.25, 0.3) is 11.5 Å². The predicted molar refractivity (Wildman–Crippen MR) is 95.6 cm³/mol. The minimum atomic E-state index is -0.714. The van der Waals surface area contributed by atoms with Crippen molar-refractivity contribution in [3.8, 4) is 11.5 Å². The fraction of sp³-hybridized carbons (Fsp3) is 0.526. The van der Waals surface area contributed by atoms with Crippen LogP contribution in [0.15, 0.2) is 24.4 Å². The van der Waals surface area contributed by atoms with Crippen molar-refractivity contribution in [1.29, 1.82) is 0 Å². The molecule has 25 heavy (non-hydrogen) atoms. The molecule has 0 aromatic carbocycles. The predicted octanol–water partition coefficient (Wildman–Crippen LogP) is 2.00. The first-order chi connectivity index (χ1) is 12.1. The highest BCUT2D eigenvalue weighted by molar-refractivity contribution is 5.58. The molecule has 6 heteroatoms. The highest BCUT2D eigenvalue weighted by Gasteiger charge is 2.33. The van der Waals surface area contributed by atoms with E-state index in [2.05, 4.69) is 9.88 Å². The molecule has 2 aromatic heterocycles. The molecule has 0 radical (unpaired) electrons. The molecule has 1 aliphatic heterocycles. The van der Waals surface area contributed by atoms with Gasteiger partial charge in [0.15, 0.2) is 5.82 Å². The molecule has 6 nitrogen and oxygen atoms in total. The monoisotopic (exact) mass is 340 g/mol. The molecule has 132 valence electrons. The summed E-state index contributed by atoms with van der Waals surface area (Å²) >= 11 is 0. The van der Waals surface area contributed by atoms with E-state index in [-0.39, 0.29) is 0 Å². The first kappa shape index (κ1) is 16.4. The average Bonchev–Trinajstić information content (AvgIpc) is 3.10. The van der Waals surface area contributed by atoms with Crippen molar-refractivity contribution in [3.05, 3.63) is 35.7 Å². The molecule has 0 amide bonds. The third-order valence-corrected chi connectivity index (χ3v) is 5.12. The van der Waals surface area contributed by atoms with Crippen LogP contribution in [0, 0.1) is 0 Å². The standard InChI is InChI=1S/C19H24N4O2/c1-23(13-19(24)8-11-25-12-9-19)18-14-5-4-7-15(14)21-17(22-18)16-6-2-3-10-20-16/h2-3,6,10,24H,4-5,7-9,11-13H2,1H3. The Balaban J connectivity index is 1.67. The lowest BCUT2D eigenvalue weighted by Gasteiger charge is -2.36. The molecule has 2 aromatic rings. The number of aromatic nitrogens is 3. The van der Waals surface area contributed by atoms with Gasteiger partial charge in [-0.1, -0.05) is 6.07 Å². The molecule has 0 spiro atoms. The summed E-state index contributed by atoms with van der Waals surface area (Å²) in [5.41, 5.74) is 2.42. The Labute approximate surface area is 147 Å². The number of pyridine rings is 1. The quantitative estimate of drug-likeness (QED) is 0.918. The van der Waals surface area contributed by atoms with Crippen molar-refractivity contribution in [1.82, 2.24) is 15.0 Å². The minimum absolute atomic E-state index is 0.557. The van der Waals surface area contributed by atoms with Crippen LogP contribution in [0.3, 0.4) is 0 Å². The van der Waals surface area contributed by atoms with Gasteiger partial charge in [-0.3, -0.25) is 4.98 Å². The fourth-order valence-electron chi connectivity index (χ4n) is 3.76. The Kier molecular flexibility index (Phi) is 4.39. The summed E-state index contributed by atoms with van der Waals surface area (Å²) in [5, 5.41) is 10.9. The summed E-state index contributed by atoms with van der Waals surface area (Å²) in [6, 6.07) is 5.78. The van der Waals surface area contributed by atoms with Gasteiger partial charge in [0.1, 0.15) is 11.5 Å². The van der Waals surface area contributed by atoms with E-state index < -0.39 is 5.60 Å². The Morgan fingerprint density at radius 1 is 1.20 bits per heavy atom. The van der Waals surface area contributed by atoms with Gasteiger partial charge < -0.3 is 14.7 Å². The van der Waals surface area contributed by atoms with Crippen molar-refractivity contribution < 1.29 is 9.84 Å². The Morgan fingerprint density at radius 3 is 2.80 bits per heavy atom. The normalized spacial score (nSPS) is 18.8. The second-order valence-electron chi connectivity index (χ2n) is 7.06. The lowest BCUT2D eigenvalue weighted by molar-refractivity contribution is -0.0573. The largest absolute Gasteiger partial charge is 0.388 e. The van der Waals surface area contributed by atoms with Gasteiger partial charge in [0.05, 0.1) is 5.60 Å². The summed E-state index contributed by atoms with van der Waals surface area (Å²) in [6.07, 6.45) is 6.18. The minimum Gasteiger partial charge on any atom is -0.388 e. The van der Waals surface area contributed by atoms with E-state index in [0.717, 1.165) is 36.5 Å². The number of rotatable bonds is 4. The summed E-state index contributed by atoms with van der Waals surface area (Å²) in [7, 11) is 2.01. The van der Waals surface area contributed by atoms with Gasteiger partial charge in [-0.2, -0.15) is 0 Å². The van der Waals surface area contributed by atoms with Gasteiger partial charge in [0.25, 0.3) is 0 Å². The van der Waals surface area contributed by atoms with E-state index in [4.69, 9.17) is 14.7 Å². The number of ether oxygens (including phenoxy) is 1. The molecule has 2 aliphatic rings. The first-order valence-corrected chi connectivity index (χ1v) is 8.97. The number of hydrogen-bond acceptors (Lipinski definition) is 6. The maximum Gasteiger partial charge on any atom is 0.180 e. The summed E-state index contributed by atoms with van der Waals surface area (Å²) in [5.74, 6) is 1.60. The van der Waals surface area contributed by atoms with Crippen molar-refractivity contribution in [2.24, 2.45) is 0 Å². The van der Waals surface area contributed by atoms with Gasteiger partial charge in [-0.15, -0.1) is 0 Å². The lowest BCUT2D eigenvalue weighted by Crippen LogP contribution is -2.46. The SMILES string of the molecule is CN(CC1(O)CCOCC1)c1nc(-c2ccccn2)nc2c1CCC2. The molecule has 1 N–H and O–H groups in total. The second kappa shape index (κ2) is 6.69.